The lowest BCUT2D eigenvalue weighted by atomic mass is 10.3. The van der Waals surface area contributed by atoms with Crippen molar-refractivity contribution in [2.45, 2.75) is 19.8 Å². The molecule has 10 heavy (non-hydrogen) atoms. The summed E-state index contributed by atoms with van der Waals surface area (Å²) >= 11 is 2.11. The van der Waals surface area contributed by atoms with Crippen LogP contribution in [0.3, 0.4) is 0 Å². The van der Waals surface area contributed by atoms with Crippen LogP contribution in [0.25, 0.3) is 0 Å². The fraction of sp³-hybridized carbons (Fsp3) is 1.00. The van der Waals surface area contributed by atoms with E-state index in [1.54, 1.807) is 0 Å². The van der Waals surface area contributed by atoms with Gasteiger partial charge in [0.2, 0.25) is 0 Å². The molecule has 60 valence electrons. The molecule has 0 radical (unpaired) electrons. The van der Waals surface area contributed by atoms with Crippen molar-refractivity contribution in [3.05, 3.63) is 0 Å². The summed E-state index contributed by atoms with van der Waals surface area (Å²) in [5.74, 6) is 2.74. The van der Waals surface area contributed by atoms with Crippen LogP contribution in [0.5, 0.6) is 0 Å². The van der Waals surface area contributed by atoms with E-state index in [-0.39, 0.29) is 0 Å². The molecule has 1 saturated heterocycles. The smallest absolute Gasteiger partial charge is 0.00110 e. The first-order chi connectivity index (χ1) is 4.93. The normalized spacial score (nSPS) is 23.7. The van der Waals surface area contributed by atoms with Crippen molar-refractivity contribution in [1.82, 2.24) is 4.90 Å². The van der Waals surface area contributed by atoms with Gasteiger partial charge in [0.25, 0.3) is 0 Å². The third-order valence-electron chi connectivity index (χ3n) is 1.97. The maximum absolute atomic E-state index is 2.56. The Morgan fingerprint density at radius 2 is 1.80 bits per heavy atom. The Bertz CT molecular complexity index is 77.3. The summed E-state index contributed by atoms with van der Waals surface area (Å²) in [6, 6.07) is 0. The summed E-state index contributed by atoms with van der Waals surface area (Å²) in [6.07, 6.45) is 2.77. The van der Waals surface area contributed by atoms with Crippen molar-refractivity contribution in [2.24, 2.45) is 0 Å². The Kier molecular flexibility index (Phi) is 4.23. The molecule has 0 aromatic heterocycles. The Morgan fingerprint density at radius 3 is 2.30 bits per heavy atom. The Morgan fingerprint density at radius 1 is 1.20 bits per heavy atom. The molecule has 0 bridgehead atoms. The second kappa shape index (κ2) is 5.03. The van der Waals surface area contributed by atoms with E-state index in [0.717, 1.165) is 0 Å². The molecular formula is C8H17NS. The van der Waals surface area contributed by atoms with E-state index >= 15 is 0 Å². The van der Waals surface area contributed by atoms with E-state index in [0.29, 0.717) is 0 Å². The lowest BCUT2D eigenvalue weighted by Crippen LogP contribution is -2.27. The van der Waals surface area contributed by atoms with E-state index < -0.39 is 0 Å². The van der Waals surface area contributed by atoms with Gasteiger partial charge in [-0.05, 0) is 44.0 Å². The predicted octanol–water partition coefficient (Wildman–Crippen LogP) is 1.84. The van der Waals surface area contributed by atoms with E-state index in [1.807, 2.05) is 0 Å². The van der Waals surface area contributed by atoms with Gasteiger partial charge in [-0.15, -0.1) is 0 Å². The van der Waals surface area contributed by atoms with Crippen LogP contribution in [0.2, 0.25) is 0 Å². The predicted molar refractivity (Wildman–Crippen MR) is 48.7 cm³/mol. The van der Waals surface area contributed by atoms with E-state index in [2.05, 4.69) is 23.6 Å². The molecule has 0 aromatic rings. The molecule has 1 nitrogen and oxygen atoms in total. The summed E-state index contributed by atoms with van der Waals surface area (Å²) in [6.45, 7) is 6.15. The number of hydrogen-bond donors (Lipinski definition) is 0. The molecule has 1 aliphatic rings. The van der Waals surface area contributed by atoms with Gasteiger partial charge in [-0.2, -0.15) is 11.8 Å². The third kappa shape index (κ3) is 2.93. The van der Waals surface area contributed by atoms with Crippen LogP contribution < -0.4 is 0 Å². The highest BCUT2D eigenvalue weighted by molar-refractivity contribution is 7.99. The molecule has 0 amide bonds. The summed E-state index contributed by atoms with van der Waals surface area (Å²) in [5.41, 5.74) is 0. The third-order valence-corrected chi connectivity index (χ3v) is 3.13. The molecule has 0 unspecified atom stereocenters. The molecule has 0 N–H and O–H groups in total. The minimum atomic E-state index is 1.24. The number of hydrogen-bond acceptors (Lipinski definition) is 2. The molecule has 0 aliphatic carbocycles. The zero-order chi connectivity index (χ0) is 7.23. The van der Waals surface area contributed by atoms with Crippen LogP contribution in [-0.2, 0) is 0 Å². The number of rotatable bonds is 1. The van der Waals surface area contributed by atoms with Gasteiger partial charge in [-0.3, -0.25) is 0 Å². The molecule has 1 rings (SSSR count). The topological polar surface area (TPSA) is 3.24 Å². The molecular weight excluding hydrogens is 142 g/mol. The zero-order valence-corrected chi connectivity index (χ0v) is 7.62. The van der Waals surface area contributed by atoms with Crippen molar-refractivity contribution in [1.29, 1.82) is 0 Å². The average Bonchev–Trinajstić information content (AvgIpc) is 1.87. The highest BCUT2D eigenvalue weighted by Gasteiger charge is 2.04. The van der Waals surface area contributed by atoms with Gasteiger partial charge in [-0.1, -0.05) is 6.92 Å². The Labute approximate surface area is 68.2 Å². The fourth-order valence-corrected chi connectivity index (χ4v) is 2.18. The maximum atomic E-state index is 2.56. The van der Waals surface area contributed by atoms with Gasteiger partial charge in [0.1, 0.15) is 0 Å². The van der Waals surface area contributed by atoms with Crippen LogP contribution in [0.4, 0.5) is 0 Å². The van der Waals surface area contributed by atoms with Crippen molar-refractivity contribution < 1.29 is 0 Å². The highest BCUT2D eigenvalue weighted by Crippen LogP contribution is 2.09. The van der Waals surface area contributed by atoms with Crippen LogP contribution in [0.15, 0.2) is 0 Å². The quantitative estimate of drug-likeness (QED) is 0.574. The standard InChI is InChI=1S/C8H17NS/c1-2-9-5-3-7-10-8-4-6-9/h2-8H2,1H3. The van der Waals surface area contributed by atoms with Crippen molar-refractivity contribution in [3.63, 3.8) is 0 Å². The highest BCUT2D eigenvalue weighted by atomic mass is 32.2. The van der Waals surface area contributed by atoms with Gasteiger partial charge < -0.3 is 4.90 Å². The number of nitrogens with zero attached hydrogens (tertiary/aromatic N) is 1. The largest absolute Gasteiger partial charge is 0.304 e. The first kappa shape index (κ1) is 8.41. The van der Waals surface area contributed by atoms with Gasteiger partial charge in [0, 0.05) is 0 Å². The fourth-order valence-electron chi connectivity index (χ4n) is 1.31. The van der Waals surface area contributed by atoms with Crippen LogP contribution >= 0.6 is 11.8 Å². The minimum absolute atomic E-state index is 1.24. The van der Waals surface area contributed by atoms with Crippen molar-refractivity contribution >= 4 is 11.8 Å². The van der Waals surface area contributed by atoms with E-state index in [9.17, 15) is 0 Å². The van der Waals surface area contributed by atoms with Crippen LogP contribution in [0, 0.1) is 0 Å². The molecule has 0 aromatic carbocycles. The second-order valence-electron chi connectivity index (χ2n) is 2.75. The zero-order valence-electron chi connectivity index (χ0n) is 6.81. The molecule has 0 saturated carbocycles. The van der Waals surface area contributed by atoms with Crippen molar-refractivity contribution in [3.8, 4) is 0 Å². The molecule has 1 fully saturated rings. The van der Waals surface area contributed by atoms with E-state index in [4.69, 9.17) is 0 Å². The minimum Gasteiger partial charge on any atom is -0.304 e. The lowest BCUT2D eigenvalue weighted by molar-refractivity contribution is 0.289. The molecule has 0 spiro atoms. The van der Waals surface area contributed by atoms with Gasteiger partial charge in [-0.25, -0.2) is 0 Å². The monoisotopic (exact) mass is 159 g/mol. The Balaban J connectivity index is 2.16. The van der Waals surface area contributed by atoms with Gasteiger partial charge in [0.15, 0.2) is 0 Å². The van der Waals surface area contributed by atoms with Crippen LogP contribution in [-0.4, -0.2) is 36.0 Å². The lowest BCUT2D eigenvalue weighted by Gasteiger charge is -2.22. The maximum Gasteiger partial charge on any atom is -0.00110 e. The Hall–Kier alpha value is 0.310. The molecule has 2 heteroatoms. The average molecular weight is 159 g/mol. The first-order valence-corrected chi connectivity index (χ1v) is 5.39. The second-order valence-corrected chi connectivity index (χ2v) is 3.98. The summed E-state index contributed by atoms with van der Waals surface area (Å²) in [5, 5.41) is 0. The van der Waals surface area contributed by atoms with Crippen molar-refractivity contribution in [2.75, 3.05) is 31.1 Å². The van der Waals surface area contributed by atoms with E-state index in [1.165, 1.54) is 44.0 Å². The number of thioether (sulfide) groups is 1. The summed E-state index contributed by atoms with van der Waals surface area (Å²) in [4.78, 5) is 2.56. The SMILES string of the molecule is CCN1CCCSCCC1. The summed E-state index contributed by atoms with van der Waals surface area (Å²) < 4.78 is 0. The molecule has 1 heterocycles. The first-order valence-electron chi connectivity index (χ1n) is 4.23. The summed E-state index contributed by atoms with van der Waals surface area (Å²) in [7, 11) is 0. The van der Waals surface area contributed by atoms with Gasteiger partial charge in [0.05, 0.1) is 0 Å². The van der Waals surface area contributed by atoms with Crippen LogP contribution in [0.1, 0.15) is 19.8 Å². The molecule has 0 atom stereocenters. The molecule has 1 aliphatic heterocycles. The van der Waals surface area contributed by atoms with Gasteiger partial charge >= 0.3 is 0 Å².